The lowest BCUT2D eigenvalue weighted by Gasteiger charge is -2.04. The van der Waals surface area contributed by atoms with Gasteiger partial charge in [0.25, 0.3) is 0 Å². The molecule has 0 spiro atoms. The van der Waals surface area contributed by atoms with E-state index >= 15 is 0 Å². The van der Waals surface area contributed by atoms with E-state index in [0.29, 0.717) is 17.1 Å². The summed E-state index contributed by atoms with van der Waals surface area (Å²) < 4.78 is 15.4. The average Bonchev–Trinajstić information content (AvgIpc) is 2.91. The van der Waals surface area contributed by atoms with Crippen molar-refractivity contribution in [1.82, 2.24) is 0 Å². The van der Waals surface area contributed by atoms with Gasteiger partial charge in [-0.3, -0.25) is 4.79 Å². The summed E-state index contributed by atoms with van der Waals surface area (Å²) >= 11 is 0. The van der Waals surface area contributed by atoms with Crippen LogP contribution in [-0.4, -0.2) is 25.5 Å². The third kappa shape index (κ3) is 4.02. The quantitative estimate of drug-likeness (QED) is 0.476. The summed E-state index contributed by atoms with van der Waals surface area (Å²) in [4.78, 5) is 23.8. The largest absolute Gasteiger partial charge is 0.452 e. The van der Waals surface area contributed by atoms with Crippen molar-refractivity contribution in [2.45, 2.75) is 0 Å². The van der Waals surface area contributed by atoms with Gasteiger partial charge in [-0.05, 0) is 23.8 Å². The molecular formula is C20H16O5. The fraction of sp³-hybridized carbons (Fsp3) is 0.100. The second-order valence-corrected chi connectivity index (χ2v) is 5.30. The van der Waals surface area contributed by atoms with Gasteiger partial charge in [-0.1, -0.05) is 42.5 Å². The van der Waals surface area contributed by atoms with Gasteiger partial charge >= 0.3 is 5.97 Å². The lowest BCUT2D eigenvalue weighted by Crippen LogP contribution is -2.14. The molecule has 2 aromatic carbocycles. The standard InChI is InChI=1S/C20H16O5/c1-23-13-19(21)24-15-10-11-16-18(12-15)25-17(20(16)22)9-5-8-14-6-3-2-4-7-14/h2-12H,13H2,1H3/b8-5+,17-9-. The van der Waals surface area contributed by atoms with Gasteiger partial charge < -0.3 is 14.2 Å². The topological polar surface area (TPSA) is 61.8 Å². The Morgan fingerprint density at radius 2 is 1.96 bits per heavy atom. The van der Waals surface area contributed by atoms with Crippen LogP contribution in [0, 0.1) is 0 Å². The molecule has 126 valence electrons. The minimum atomic E-state index is -0.520. The first-order chi connectivity index (χ1) is 12.2. The van der Waals surface area contributed by atoms with Gasteiger partial charge in [0.1, 0.15) is 18.1 Å². The molecule has 5 nitrogen and oxygen atoms in total. The molecule has 0 saturated carbocycles. The zero-order valence-electron chi connectivity index (χ0n) is 13.6. The number of allylic oxidation sites excluding steroid dienone is 3. The van der Waals surface area contributed by atoms with Crippen LogP contribution in [0.5, 0.6) is 11.5 Å². The van der Waals surface area contributed by atoms with Crippen molar-refractivity contribution in [2.24, 2.45) is 0 Å². The molecule has 0 aromatic heterocycles. The summed E-state index contributed by atoms with van der Waals surface area (Å²) in [6, 6.07) is 14.4. The minimum absolute atomic E-state index is 0.147. The first-order valence-corrected chi connectivity index (χ1v) is 7.67. The summed E-state index contributed by atoms with van der Waals surface area (Å²) in [5.41, 5.74) is 1.46. The van der Waals surface area contributed by atoms with E-state index in [2.05, 4.69) is 0 Å². The number of carbonyl (C=O) groups excluding carboxylic acids is 2. The highest BCUT2D eigenvalue weighted by Gasteiger charge is 2.27. The summed E-state index contributed by atoms with van der Waals surface area (Å²) in [5, 5.41) is 0. The molecule has 0 radical (unpaired) electrons. The second kappa shape index (κ2) is 7.59. The third-order valence-electron chi connectivity index (χ3n) is 3.47. The highest BCUT2D eigenvalue weighted by atomic mass is 16.6. The SMILES string of the molecule is COCC(=O)Oc1ccc2c(c1)O/C(=C\C=C\c1ccccc1)C2=O. The number of methoxy groups -OCH3 is 1. The van der Waals surface area contributed by atoms with Gasteiger partial charge in [0, 0.05) is 13.2 Å². The van der Waals surface area contributed by atoms with E-state index in [0.717, 1.165) is 5.56 Å². The van der Waals surface area contributed by atoms with Crippen molar-refractivity contribution >= 4 is 17.8 Å². The zero-order chi connectivity index (χ0) is 17.6. The predicted octanol–water partition coefficient (Wildman–Crippen LogP) is 3.41. The summed E-state index contributed by atoms with van der Waals surface area (Å²) in [7, 11) is 1.41. The molecule has 5 heteroatoms. The van der Waals surface area contributed by atoms with Crippen LogP contribution in [0.3, 0.4) is 0 Å². The highest BCUT2D eigenvalue weighted by Crippen LogP contribution is 2.34. The van der Waals surface area contributed by atoms with E-state index in [4.69, 9.17) is 14.2 Å². The van der Waals surface area contributed by atoms with Crippen molar-refractivity contribution < 1.29 is 23.8 Å². The Bertz CT molecular complexity index is 850. The van der Waals surface area contributed by atoms with Crippen LogP contribution in [0.4, 0.5) is 0 Å². The van der Waals surface area contributed by atoms with Gasteiger partial charge in [-0.15, -0.1) is 0 Å². The van der Waals surface area contributed by atoms with Gasteiger partial charge in [0.2, 0.25) is 5.78 Å². The summed E-state index contributed by atoms with van der Waals surface area (Å²) in [6.45, 7) is -0.147. The van der Waals surface area contributed by atoms with Crippen LogP contribution in [0.25, 0.3) is 6.08 Å². The van der Waals surface area contributed by atoms with Crippen LogP contribution in [0.1, 0.15) is 15.9 Å². The van der Waals surface area contributed by atoms with E-state index in [-0.39, 0.29) is 18.1 Å². The second-order valence-electron chi connectivity index (χ2n) is 5.30. The molecule has 0 atom stereocenters. The third-order valence-corrected chi connectivity index (χ3v) is 3.47. The van der Waals surface area contributed by atoms with Crippen molar-refractivity contribution in [3.05, 3.63) is 77.6 Å². The fourth-order valence-corrected chi connectivity index (χ4v) is 2.33. The van der Waals surface area contributed by atoms with E-state index in [1.165, 1.54) is 13.2 Å². The van der Waals surface area contributed by atoms with Crippen LogP contribution >= 0.6 is 0 Å². The molecule has 0 amide bonds. The molecule has 1 aliphatic heterocycles. The normalized spacial score (nSPS) is 14.6. The maximum absolute atomic E-state index is 12.3. The molecule has 0 unspecified atom stereocenters. The molecule has 0 N–H and O–H groups in total. The Kier molecular flexibility index (Phi) is 5.06. The average molecular weight is 336 g/mol. The number of Topliss-reactive ketones (excluding diaryl/α,β-unsaturated/α-hetero) is 1. The van der Waals surface area contributed by atoms with E-state index in [1.807, 2.05) is 36.4 Å². The highest BCUT2D eigenvalue weighted by molar-refractivity contribution is 6.12. The van der Waals surface area contributed by atoms with E-state index in [9.17, 15) is 9.59 Å². The Labute approximate surface area is 145 Å². The molecule has 25 heavy (non-hydrogen) atoms. The summed E-state index contributed by atoms with van der Waals surface area (Å²) in [5.74, 6) is 0.167. The Hall–Kier alpha value is -3.18. The number of ketones is 1. The Balaban J connectivity index is 1.73. The molecule has 0 bridgehead atoms. The van der Waals surface area contributed by atoms with Crippen LogP contribution in [0.2, 0.25) is 0 Å². The maximum atomic E-state index is 12.3. The molecule has 1 heterocycles. The van der Waals surface area contributed by atoms with Crippen LogP contribution < -0.4 is 9.47 Å². The number of rotatable bonds is 5. The number of ether oxygens (including phenoxy) is 3. The molecule has 1 aliphatic rings. The molecule has 2 aromatic rings. The number of benzene rings is 2. The first kappa shape index (κ1) is 16.7. The maximum Gasteiger partial charge on any atom is 0.337 e. The number of hydrogen-bond donors (Lipinski definition) is 0. The predicted molar refractivity (Wildman–Crippen MR) is 92.5 cm³/mol. The molecular weight excluding hydrogens is 320 g/mol. The lowest BCUT2D eigenvalue weighted by molar-refractivity contribution is -0.138. The van der Waals surface area contributed by atoms with Crippen molar-refractivity contribution in [3.63, 3.8) is 0 Å². The smallest absolute Gasteiger partial charge is 0.337 e. The number of fused-ring (bicyclic) bond motifs is 1. The monoisotopic (exact) mass is 336 g/mol. The molecule has 0 saturated heterocycles. The van der Waals surface area contributed by atoms with Crippen molar-refractivity contribution in [3.8, 4) is 11.5 Å². The summed E-state index contributed by atoms with van der Waals surface area (Å²) in [6.07, 6.45) is 5.25. The van der Waals surface area contributed by atoms with Gasteiger partial charge in [-0.2, -0.15) is 0 Å². The minimum Gasteiger partial charge on any atom is -0.452 e. The van der Waals surface area contributed by atoms with Gasteiger partial charge in [0.05, 0.1) is 5.56 Å². The lowest BCUT2D eigenvalue weighted by atomic mass is 10.1. The number of esters is 1. The van der Waals surface area contributed by atoms with Crippen molar-refractivity contribution in [1.29, 1.82) is 0 Å². The van der Waals surface area contributed by atoms with Gasteiger partial charge in [0.15, 0.2) is 5.76 Å². The molecule has 0 fully saturated rings. The first-order valence-electron chi connectivity index (χ1n) is 7.67. The van der Waals surface area contributed by atoms with Crippen LogP contribution in [0.15, 0.2) is 66.4 Å². The Morgan fingerprint density at radius 3 is 2.72 bits per heavy atom. The van der Waals surface area contributed by atoms with E-state index in [1.54, 1.807) is 24.3 Å². The fourth-order valence-electron chi connectivity index (χ4n) is 2.33. The van der Waals surface area contributed by atoms with Crippen molar-refractivity contribution in [2.75, 3.05) is 13.7 Å². The number of carbonyl (C=O) groups is 2. The van der Waals surface area contributed by atoms with Crippen LogP contribution in [-0.2, 0) is 9.53 Å². The Morgan fingerprint density at radius 1 is 1.16 bits per heavy atom. The molecule has 3 rings (SSSR count). The molecule has 0 aliphatic carbocycles. The van der Waals surface area contributed by atoms with E-state index < -0.39 is 5.97 Å². The zero-order valence-corrected chi connectivity index (χ0v) is 13.6. The van der Waals surface area contributed by atoms with Gasteiger partial charge in [-0.25, -0.2) is 4.79 Å². The number of hydrogen-bond acceptors (Lipinski definition) is 5.